The third-order valence-corrected chi connectivity index (χ3v) is 2.17. The maximum absolute atomic E-state index is 12.9. The molecule has 1 aromatic carbocycles. The first-order valence-corrected chi connectivity index (χ1v) is 4.40. The second-order valence-corrected chi connectivity index (χ2v) is 3.33. The highest BCUT2D eigenvalue weighted by atomic mass is 19.4. The van der Waals surface area contributed by atoms with Crippen molar-refractivity contribution in [3.8, 4) is 6.07 Å². The second kappa shape index (κ2) is 4.30. The van der Waals surface area contributed by atoms with Crippen molar-refractivity contribution in [3.05, 3.63) is 35.4 Å². The number of nitrogens with two attached hydrogens (primary N) is 1. The van der Waals surface area contributed by atoms with Gasteiger partial charge in [-0.1, -0.05) is 12.1 Å². The Morgan fingerprint density at radius 3 is 1.88 bits per heavy atom. The number of nitrogens with zero attached hydrogens (tertiary/aromatic N) is 1. The number of alkyl halides is 5. The van der Waals surface area contributed by atoms with Crippen LogP contribution >= 0.6 is 0 Å². The smallest absolute Gasteiger partial charge is 0.319 e. The zero-order chi connectivity index (χ0) is 13.3. The van der Waals surface area contributed by atoms with Crippen LogP contribution in [-0.2, 0) is 0 Å². The molecule has 0 radical (unpaired) electrons. The molecule has 17 heavy (non-hydrogen) atoms. The minimum absolute atomic E-state index is 0.149. The Balaban J connectivity index is 3.04. The van der Waals surface area contributed by atoms with Crippen molar-refractivity contribution in [2.75, 3.05) is 0 Å². The van der Waals surface area contributed by atoms with Crippen molar-refractivity contribution in [2.45, 2.75) is 18.1 Å². The van der Waals surface area contributed by atoms with E-state index in [-0.39, 0.29) is 11.1 Å². The van der Waals surface area contributed by atoms with Gasteiger partial charge in [-0.25, -0.2) is 0 Å². The normalized spacial score (nSPS) is 14.2. The van der Waals surface area contributed by atoms with Crippen molar-refractivity contribution in [2.24, 2.45) is 5.73 Å². The summed E-state index contributed by atoms with van der Waals surface area (Å²) in [6.45, 7) is 0. The van der Waals surface area contributed by atoms with E-state index in [0.717, 1.165) is 24.3 Å². The highest BCUT2D eigenvalue weighted by Crippen LogP contribution is 2.43. The van der Waals surface area contributed by atoms with Crippen molar-refractivity contribution in [1.82, 2.24) is 0 Å². The molecule has 0 aliphatic rings. The molecule has 1 atom stereocenters. The van der Waals surface area contributed by atoms with Crippen LogP contribution in [0.2, 0.25) is 0 Å². The van der Waals surface area contributed by atoms with Crippen LogP contribution in [0, 0.1) is 11.3 Å². The zero-order valence-electron chi connectivity index (χ0n) is 8.30. The van der Waals surface area contributed by atoms with Crippen LogP contribution in [-0.4, -0.2) is 12.1 Å². The van der Waals surface area contributed by atoms with Gasteiger partial charge in [0.05, 0.1) is 11.6 Å². The summed E-state index contributed by atoms with van der Waals surface area (Å²) in [6, 6.07) is 3.42. The van der Waals surface area contributed by atoms with Crippen LogP contribution in [0.5, 0.6) is 0 Å². The molecule has 0 aromatic heterocycles. The van der Waals surface area contributed by atoms with E-state index < -0.39 is 18.1 Å². The van der Waals surface area contributed by atoms with E-state index in [0.29, 0.717) is 0 Å². The van der Waals surface area contributed by atoms with Crippen molar-refractivity contribution >= 4 is 0 Å². The molecule has 1 rings (SSSR count). The van der Waals surface area contributed by atoms with Gasteiger partial charge in [0, 0.05) is 0 Å². The number of halogens is 5. The molecular formula is C10H7F5N2. The topological polar surface area (TPSA) is 49.8 Å². The minimum Gasteiger partial charge on any atom is -0.319 e. The molecule has 1 aromatic rings. The highest BCUT2D eigenvalue weighted by molar-refractivity contribution is 5.33. The predicted molar refractivity (Wildman–Crippen MR) is 49.1 cm³/mol. The molecule has 0 fully saturated rings. The average molecular weight is 250 g/mol. The quantitative estimate of drug-likeness (QED) is 0.820. The van der Waals surface area contributed by atoms with Gasteiger partial charge in [0.15, 0.2) is 0 Å². The second-order valence-electron chi connectivity index (χ2n) is 3.33. The first kappa shape index (κ1) is 13.4. The van der Waals surface area contributed by atoms with Gasteiger partial charge in [-0.3, -0.25) is 0 Å². The zero-order valence-corrected chi connectivity index (χ0v) is 8.30. The summed E-state index contributed by atoms with van der Waals surface area (Å²) in [5.74, 6) is -5.01. The van der Waals surface area contributed by atoms with Crippen molar-refractivity contribution < 1.29 is 22.0 Å². The third-order valence-electron chi connectivity index (χ3n) is 2.17. The van der Waals surface area contributed by atoms with Crippen LogP contribution in [0.25, 0.3) is 0 Å². The van der Waals surface area contributed by atoms with Crippen molar-refractivity contribution in [3.63, 3.8) is 0 Å². The fraction of sp³-hybridized carbons (Fsp3) is 0.300. The Morgan fingerprint density at radius 1 is 1.06 bits per heavy atom. The number of nitriles is 1. The van der Waals surface area contributed by atoms with Crippen LogP contribution in [0.1, 0.15) is 17.2 Å². The lowest BCUT2D eigenvalue weighted by molar-refractivity contribution is -0.291. The lowest BCUT2D eigenvalue weighted by Gasteiger charge is -2.25. The van der Waals surface area contributed by atoms with Gasteiger partial charge in [-0.05, 0) is 17.7 Å². The number of rotatable bonds is 2. The summed E-state index contributed by atoms with van der Waals surface area (Å²) in [5.41, 5.74) is 4.66. The van der Waals surface area contributed by atoms with Crippen LogP contribution < -0.4 is 5.73 Å². The third kappa shape index (κ3) is 2.53. The summed E-state index contributed by atoms with van der Waals surface area (Å²) in [6.07, 6.45) is -5.71. The van der Waals surface area contributed by atoms with Gasteiger partial charge >= 0.3 is 12.1 Å². The van der Waals surface area contributed by atoms with Crippen LogP contribution in [0.15, 0.2) is 24.3 Å². The maximum Gasteiger partial charge on any atom is 0.455 e. The standard InChI is InChI=1S/C10H7F5N2/c11-9(12,10(13,14)15)8(17)7-3-1-6(5-16)2-4-7/h1-4,8H,17H2/t8-/m0/s1. The molecule has 0 saturated carbocycles. The molecule has 0 amide bonds. The molecule has 0 aliphatic heterocycles. The van der Waals surface area contributed by atoms with E-state index in [1.54, 1.807) is 6.07 Å². The van der Waals surface area contributed by atoms with Gasteiger partial charge in [-0.2, -0.15) is 27.2 Å². The molecule has 92 valence electrons. The summed E-state index contributed by atoms with van der Waals surface area (Å²) < 4.78 is 61.9. The molecular weight excluding hydrogens is 243 g/mol. The monoisotopic (exact) mass is 250 g/mol. The number of hydrogen-bond donors (Lipinski definition) is 1. The Bertz CT molecular complexity index is 429. The first-order chi connectivity index (χ1) is 7.70. The molecule has 0 aliphatic carbocycles. The molecule has 0 heterocycles. The van der Waals surface area contributed by atoms with E-state index in [1.165, 1.54) is 0 Å². The molecule has 7 heteroatoms. The number of benzene rings is 1. The lowest BCUT2D eigenvalue weighted by atomic mass is 10.00. The Labute approximate surface area is 93.5 Å². The van der Waals surface area contributed by atoms with E-state index in [2.05, 4.69) is 0 Å². The molecule has 2 nitrogen and oxygen atoms in total. The van der Waals surface area contributed by atoms with E-state index >= 15 is 0 Å². The largest absolute Gasteiger partial charge is 0.455 e. The molecule has 0 saturated heterocycles. The summed E-state index contributed by atoms with van der Waals surface area (Å²) in [7, 11) is 0. The molecule has 2 N–H and O–H groups in total. The molecule has 0 bridgehead atoms. The summed E-state index contributed by atoms with van der Waals surface area (Å²) >= 11 is 0. The predicted octanol–water partition coefficient (Wildman–Crippen LogP) is 2.76. The minimum atomic E-state index is -5.71. The highest BCUT2D eigenvalue weighted by Gasteiger charge is 2.61. The van der Waals surface area contributed by atoms with E-state index in [4.69, 9.17) is 11.0 Å². The SMILES string of the molecule is N#Cc1ccc([C@H](N)C(F)(F)C(F)(F)F)cc1. The average Bonchev–Trinajstić information content (AvgIpc) is 2.26. The number of hydrogen-bond acceptors (Lipinski definition) is 2. The van der Waals surface area contributed by atoms with Crippen LogP contribution in [0.3, 0.4) is 0 Å². The van der Waals surface area contributed by atoms with E-state index in [9.17, 15) is 22.0 Å². The Hall–Kier alpha value is -1.68. The van der Waals surface area contributed by atoms with Gasteiger partial charge in [0.2, 0.25) is 0 Å². The fourth-order valence-corrected chi connectivity index (χ4v) is 1.15. The Morgan fingerprint density at radius 2 is 1.53 bits per heavy atom. The summed E-state index contributed by atoms with van der Waals surface area (Å²) in [4.78, 5) is 0. The van der Waals surface area contributed by atoms with E-state index in [1.807, 2.05) is 0 Å². The maximum atomic E-state index is 12.9. The van der Waals surface area contributed by atoms with Crippen molar-refractivity contribution in [1.29, 1.82) is 5.26 Å². The summed E-state index contributed by atoms with van der Waals surface area (Å²) in [5, 5.41) is 8.45. The Kier molecular flexibility index (Phi) is 3.38. The van der Waals surface area contributed by atoms with Gasteiger partial charge in [-0.15, -0.1) is 0 Å². The molecule has 0 spiro atoms. The van der Waals surface area contributed by atoms with Gasteiger partial charge < -0.3 is 5.73 Å². The molecule has 0 unspecified atom stereocenters. The van der Waals surface area contributed by atoms with Gasteiger partial charge in [0.25, 0.3) is 0 Å². The van der Waals surface area contributed by atoms with Crippen LogP contribution in [0.4, 0.5) is 22.0 Å². The lowest BCUT2D eigenvalue weighted by Crippen LogP contribution is -2.45. The fourth-order valence-electron chi connectivity index (χ4n) is 1.15. The first-order valence-electron chi connectivity index (χ1n) is 4.40. The van der Waals surface area contributed by atoms with Gasteiger partial charge in [0.1, 0.15) is 6.04 Å².